The average Bonchev–Trinajstić information content (AvgIpc) is 2.69. The van der Waals surface area contributed by atoms with Crippen molar-refractivity contribution in [2.45, 2.75) is 32.3 Å². The smallest absolute Gasteiger partial charge is 0.269 e. The van der Waals surface area contributed by atoms with Gasteiger partial charge in [-0.25, -0.2) is 4.68 Å². The van der Waals surface area contributed by atoms with Crippen molar-refractivity contribution in [2.75, 3.05) is 7.11 Å². The van der Waals surface area contributed by atoms with Crippen LogP contribution in [-0.2, 0) is 20.8 Å². The lowest BCUT2D eigenvalue weighted by atomic mass is 10.7. The Hall–Kier alpha value is -0.950. The van der Waals surface area contributed by atoms with E-state index in [0.29, 0.717) is 6.54 Å². The van der Waals surface area contributed by atoms with Crippen molar-refractivity contribution in [3.05, 3.63) is 6.20 Å². The molecule has 1 heterocycles. The van der Waals surface area contributed by atoms with Gasteiger partial charge in [0.25, 0.3) is 0 Å². The zero-order valence-electron chi connectivity index (χ0n) is 8.76. The minimum atomic E-state index is -3.66. The average molecular weight is 221 g/mol. The van der Waals surface area contributed by atoms with Gasteiger partial charge in [-0.15, -0.1) is 5.10 Å². The summed E-state index contributed by atoms with van der Waals surface area (Å²) in [7, 11) is -2.56. The molecular weight excluding hydrogens is 206 g/mol. The van der Waals surface area contributed by atoms with E-state index in [9.17, 15) is 8.42 Å². The Morgan fingerprint density at radius 3 is 2.50 bits per heavy atom. The predicted octanol–water partition coefficient (Wildman–Crippen LogP) is 0.659. The van der Waals surface area contributed by atoms with Crippen LogP contribution < -0.4 is 0 Å². The highest BCUT2D eigenvalue weighted by Crippen LogP contribution is 2.08. The number of aromatic nitrogens is 3. The molecule has 0 aliphatic heterocycles. The van der Waals surface area contributed by atoms with E-state index in [1.807, 2.05) is 13.8 Å². The molecular formula is C7H15N3O3S. The second kappa shape index (κ2) is 5.71. The van der Waals surface area contributed by atoms with Crippen LogP contribution >= 0.6 is 0 Å². The summed E-state index contributed by atoms with van der Waals surface area (Å²) >= 11 is 0. The first-order valence-electron chi connectivity index (χ1n) is 4.31. The Labute approximate surface area is 84.0 Å². The zero-order valence-corrected chi connectivity index (χ0v) is 9.58. The Morgan fingerprint density at radius 2 is 2.07 bits per heavy atom. The van der Waals surface area contributed by atoms with Crippen LogP contribution in [0.2, 0.25) is 0 Å². The van der Waals surface area contributed by atoms with Gasteiger partial charge in [-0.05, 0) is 6.92 Å². The second-order valence-corrected chi connectivity index (χ2v) is 3.67. The summed E-state index contributed by atoms with van der Waals surface area (Å²) in [5, 5.41) is 7.00. The zero-order chi connectivity index (χ0) is 11.2. The lowest BCUT2D eigenvalue weighted by molar-refractivity contribution is 0.387. The third kappa shape index (κ3) is 2.78. The molecule has 0 amide bonds. The van der Waals surface area contributed by atoms with Crippen LogP contribution in [0.5, 0.6) is 0 Å². The number of rotatable bonds is 3. The van der Waals surface area contributed by atoms with E-state index in [4.69, 9.17) is 0 Å². The molecule has 0 spiro atoms. The minimum absolute atomic E-state index is 0.0208. The maximum Gasteiger partial charge on any atom is 0.315 e. The minimum Gasteiger partial charge on any atom is -0.269 e. The van der Waals surface area contributed by atoms with Gasteiger partial charge in [-0.1, -0.05) is 19.1 Å². The largest absolute Gasteiger partial charge is 0.315 e. The fraction of sp³-hybridized carbons (Fsp3) is 0.714. The van der Waals surface area contributed by atoms with E-state index < -0.39 is 10.1 Å². The molecule has 1 rings (SSSR count). The summed E-state index contributed by atoms with van der Waals surface area (Å²) in [4.78, 5) is 0. The predicted molar refractivity (Wildman–Crippen MR) is 51.2 cm³/mol. The van der Waals surface area contributed by atoms with Crippen molar-refractivity contribution in [3.8, 4) is 0 Å². The highest BCUT2D eigenvalue weighted by molar-refractivity contribution is 7.86. The molecule has 0 aromatic carbocycles. The molecule has 7 heteroatoms. The van der Waals surface area contributed by atoms with Crippen LogP contribution in [-0.4, -0.2) is 30.5 Å². The Bertz CT molecular complexity index is 358. The quantitative estimate of drug-likeness (QED) is 0.701. The Kier molecular flexibility index (Phi) is 5.32. The molecule has 1 aromatic heterocycles. The molecule has 0 aliphatic carbocycles. The van der Waals surface area contributed by atoms with E-state index in [1.54, 1.807) is 6.92 Å². The van der Waals surface area contributed by atoms with Gasteiger partial charge in [0.2, 0.25) is 5.03 Å². The van der Waals surface area contributed by atoms with Gasteiger partial charge in [0.15, 0.2) is 0 Å². The lowest BCUT2D eigenvalue weighted by Crippen LogP contribution is -2.10. The summed E-state index contributed by atoms with van der Waals surface area (Å²) in [6, 6.07) is 0. The molecule has 1 aromatic rings. The van der Waals surface area contributed by atoms with Crippen LogP contribution in [0.1, 0.15) is 20.8 Å². The molecule has 0 bridgehead atoms. The molecule has 0 fully saturated rings. The molecule has 82 valence electrons. The summed E-state index contributed by atoms with van der Waals surface area (Å²) in [6.45, 7) is 6.21. The monoisotopic (exact) mass is 221 g/mol. The maximum absolute atomic E-state index is 11.1. The summed E-state index contributed by atoms with van der Waals surface area (Å²) in [5.41, 5.74) is 0. The van der Waals surface area contributed by atoms with Crippen molar-refractivity contribution in [2.24, 2.45) is 0 Å². The Morgan fingerprint density at radius 1 is 1.50 bits per heavy atom. The number of nitrogens with zero attached hydrogens (tertiary/aromatic N) is 3. The first-order chi connectivity index (χ1) is 6.61. The first kappa shape index (κ1) is 13.1. The molecule has 0 atom stereocenters. The van der Waals surface area contributed by atoms with E-state index in [1.165, 1.54) is 4.68 Å². The third-order valence-corrected chi connectivity index (χ3v) is 2.62. The van der Waals surface area contributed by atoms with Gasteiger partial charge < -0.3 is 0 Å². The number of hydrogen-bond acceptors (Lipinski definition) is 5. The van der Waals surface area contributed by atoms with Crippen LogP contribution in [0.4, 0.5) is 0 Å². The van der Waals surface area contributed by atoms with Gasteiger partial charge in [0, 0.05) is 6.54 Å². The van der Waals surface area contributed by atoms with E-state index in [2.05, 4.69) is 14.5 Å². The Balaban J connectivity index is 0.000000791. The lowest BCUT2D eigenvalue weighted by Gasteiger charge is -2.00. The third-order valence-electron chi connectivity index (χ3n) is 1.36. The normalized spacial score (nSPS) is 10.6. The van der Waals surface area contributed by atoms with Gasteiger partial charge in [-0.2, -0.15) is 8.42 Å². The summed E-state index contributed by atoms with van der Waals surface area (Å²) in [5.74, 6) is 0. The molecule has 6 nitrogen and oxygen atoms in total. The topological polar surface area (TPSA) is 74.1 Å². The van der Waals surface area contributed by atoms with E-state index in [-0.39, 0.29) is 5.03 Å². The van der Waals surface area contributed by atoms with Crippen LogP contribution in [0.15, 0.2) is 11.2 Å². The number of aryl methyl sites for hydroxylation is 1. The molecule has 0 radical (unpaired) electrons. The fourth-order valence-corrected chi connectivity index (χ4v) is 1.52. The van der Waals surface area contributed by atoms with Crippen molar-refractivity contribution < 1.29 is 12.6 Å². The standard InChI is InChI=1S/C5H9N3O3S.C2H6/c1-3-8-5(4-6-7-8)12(9,10)11-2;1-2/h4H,3H2,1-2H3;1-2H3. The molecule has 0 N–H and O–H groups in total. The van der Waals surface area contributed by atoms with Crippen molar-refractivity contribution >= 4 is 10.1 Å². The molecule has 0 saturated heterocycles. The van der Waals surface area contributed by atoms with Gasteiger partial charge in [-0.3, -0.25) is 4.18 Å². The molecule has 0 saturated carbocycles. The molecule has 0 unspecified atom stereocenters. The maximum atomic E-state index is 11.1. The molecule has 14 heavy (non-hydrogen) atoms. The van der Waals surface area contributed by atoms with Gasteiger partial charge in [0.1, 0.15) is 0 Å². The van der Waals surface area contributed by atoms with Crippen molar-refractivity contribution in [1.82, 2.24) is 15.0 Å². The number of hydrogen-bond donors (Lipinski definition) is 0. The fourth-order valence-electron chi connectivity index (χ4n) is 0.746. The van der Waals surface area contributed by atoms with Gasteiger partial charge in [0.05, 0.1) is 13.3 Å². The van der Waals surface area contributed by atoms with Crippen molar-refractivity contribution in [1.29, 1.82) is 0 Å². The highest BCUT2D eigenvalue weighted by Gasteiger charge is 2.18. The summed E-state index contributed by atoms with van der Waals surface area (Å²) < 4.78 is 27.8. The van der Waals surface area contributed by atoms with Crippen molar-refractivity contribution in [3.63, 3.8) is 0 Å². The SMILES string of the molecule is CC.CCn1nncc1S(=O)(=O)OC. The highest BCUT2D eigenvalue weighted by atomic mass is 32.2. The van der Waals surface area contributed by atoms with Crippen LogP contribution in [0.3, 0.4) is 0 Å². The molecule has 0 aliphatic rings. The second-order valence-electron chi connectivity index (χ2n) is 2.01. The van der Waals surface area contributed by atoms with E-state index >= 15 is 0 Å². The van der Waals surface area contributed by atoms with Crippen LogP contribution in [0.25, 0.3) is 0 Å². The summed E-state index contributed by atoms with van der Waals surface area (Å²) in [6.07, 6.45) is 1.16. The van der Waals surface area contributed by atoms with Gasteiger partial charge >= 0.3 is 10.1 Å². The van der Waals surface area contributed by atoms with Crippen LogP contribution in [0, 0.1) is 0 Å². The first-order valence-corrected chi connectivity index (χ1v) is 5.71. The van der Waals surface area contributed by atoms with E-state index in [0.717, 1.165) is 13.3 Å².